The van der Waals surface area contributed by atoms with Gasteiger partial charge in [-0.25, -0.2) is 0 Å². The Bertz CT molecular complexity index is 411. The third-order valence-corrected chi connectivity index (χ3v) is 3.75. The molecule has 1 aromatic rings. The van der Waals surface area contributed by atoms with Crippen LogP contribution in [-0.2, 0) is 4.79 Å². The lowest BCUT2D eigenvalue weighted by Gasteiger charge is -2.27. The molecule has 0 aliphatic heterocycles. The van der Waals surface area contributed by atoms with Crippen LogP contribution in [0.1, 0.15) is 32.1 Å². The third-order valence-electron chi connectivity index (χ3n) is 3.75. The van der Waals surface area contributed by atoms with Gasteiger partial charge in [0, 0.05) is 25.7 Å². The van der Waals surface area contributed by atoms with Crippen molar-refractivity contribution < 1.29 is 9.90 Å². The first-order chi connectivity index (χ1) is 9.75. The summed E-state index contributed by atoms with van der Waals surface area (Å²) in [6.07, 6.45) is 7.87. The predicted octanol–water partition coefficient (Wildman–Crippen LogP) is 1.55. The largest absolute Gasteiger partial charge is 0.393 e. The fraction of sp³-hybridized carbons (Fsp3) is 0.600. The Hall–Kier alpha value is -1.46. The molecule has 5 heteroatoms. The predicted molar refractivity (Wildman–Crippen MR) is 78.3 cm³/mol. The van der Waals surface area contributed by atoms with Crippen LogP contribution in [-0.4, -0.2) is 35.2 Å². The normalized spacial score (nSPS) is 22.4. The second kappa shape index (κ2) is 7.97. The van der Waals surface area contributed by atoms with Gasteiger partial charge in [-0.3, -0.25) is 9.78 Å². The van der Waals surface area contributed by atoms with Crippen LogP contribution < -0.4 is 10.6 Å². The number of hydrogen-bond donors (Lipinski definition) is 3. The number of nitrogens with one attached hydrogen (secondary N) is 2. The summed E-state index contributed by atoms with van der Waals surface area (Å²) in [5.74, 6) is 0.319. The number of aliphatic hydroxyl groups is 1. The minimum Gasteiger partial charge on any atom is -0.393 e. The molecule has 2 atom stereocenters. The van der Waals surface area contributed by atoms with Gasteiger partial charge in [0.2, 0.25) is 5.91 Å². The number of aliphatic hydroxyl groups excluding tert-OH is 1. The van der Waals surface area contributed by atoms with Crippen molar-refractivity contribution in [3.05, 3.63) is 24.5 Å². The van der Waals surface area contributed by atoms with Crippen molar-refractivity contribution in [1.29, 1.82) is 0 Å². The maximum absolute atomic E-state index is 11.7. The number of carbonyl (C=O) groups is 1. The van der Waals surface area contributed by atoms with Crippen molar-refractivity contribution in [2.24, 2.45) is 5.92 Å². The van der Waals surface area contributed by atoms with Crippen molar-refractivity contribution in [1.82, 2.24) is 10.3 Å². The smallest absolute Gasteiger partial charge is 0.225 e. The minimum atomic E-state index is -0.180. The highest BCUT2D eigenvalue weighted by Gasteiger charge is 2.22. The highest BCUT2D eigenvalue weighted by atomic mass is 16.3. The molecule has 5 nitrogen and oxygen atoms in total. The van der Waals surface area contributed by atoms with Crippen molar-refractivity contribution in [2.75, 3.05) is 18.4 Å². The Morgan fingerprint density at radius 3 is 3.00 bits per heavy atom. The van der Waals surface area contributed by atoms with E-state index >= 15 is 0 Å². The summed E-state index contributed by atoms with van der Waals surface area (Å²) in [6, 6.07) is 3.61. The lowest BCUT2D eigenvalue weighted by molar-refractivity contribution is -0.116. The average Bonchev–Trinajstić information content (AvgIpc) is 2.46. The van der Waals surface area contributed by atoms with Gasteiger partial charge in [-0.05, 0) is 30.9 Å². The number of hydrogen-bond acceptors (Lipinski definition) is 4. The summed E-state index contributed by atoms with van der Waals surface area (Å²) in [5.41, 5.74) is 0.722. The zero-order valence-electron chi connectivity index (χ0n) is 11.7. The molecule has 1 saturated carbocycles. The first-order valence-corrected chi connectivity index (χ1v) is 7.34. The van der Waals surface area contributed by atoms with E-state index in [2.05, 4.69) is 15.6 Å². The van der Waals surface area contributed by atoms with Gasteiger partial charge < -0.3 is 15.7 Å². The van der Waals surface area contributed by atoms with Gasteiger partial charge in [-0.1, -0.05) is 12.8 Å². The zero-order valence-corrected chi connectivity index (χ0v) is 11.7. The monoisotopic (exact) mass is 277 g/mol. The van der Waals surface area contributed by atoms with Gasteiger partial charge in [0.05, 0.1) is 18.0 Å². The Morgan fingerprint density at radius 1 is 1.40 bits per heavy atom. The Kier molecular flexibility index (Phi) is 5.95. The molecule has 1 aromatic heterocycles. The van der Waals surface area contributed by atoms with E-state index in [0.717, 1.165) is 31.5 Å². The number of carbonyl (C=O) groups excluding carboxylic acids is 1. The van der Waals surface area contributed by atoms with Gasteiger partial charge >= 0.3 is 0 Å². The molecule has 0 aromatic carbocycles. The molecule has 0 spiro atoms. The molecule has 20 heavy (non-hydrogen) atoms. The topological polar surface area (TPSA) is 74.2 Å². The second-order valence-corrected chi connectivity index (χ2v) is 5.36. The maximum atomic E-state index is 11.7. The van der Waals surface area contributed by atoms with Crippen LogP contribution in [0.4, 0.5) is 5.69 Å². The molecule has 0 radical (unpaired) electrons. The van der Waals surface area contributed by atoms with E-state index in [9.17, 15) is 9.90 Å². The SMILES string of the molecule is O=C(CCNC[C@H]1CCCC[C@H]1O)Nc1cccnc1. The van der Waals surface area contributed by atoms with Crippen molar-refractivity contribution >= 4 is 11.6 Å². The van der Waals surface area contributed by atoms with Crippen molar-refractivity contribution in [3.63, 3.8) is 0 Å². The molecule has 1 heterocycles. The summed E-state index contributed by atoms with van der Waals surface area (Å²) in [4.78, 5) is 15.6. The average molecular weight is 277 g/mol. The number of anilines is 1. The van der Waals surface area contributed by atoms with Crippen molar-refractivity contribution in [3.8, 4) is 0 Å². The first kappa shape index (κ1) is 14.9. The Balaban J connectivity index is 1.60. The van der Waals surface area contributed by atoms with Gasteiger partial charge in [-0.15, -0.1) is 0 Å². The fourth-order valence-corrected chi connectivity index (χ4v) is 2.58. The summed E-state index contributed by atoms with van der Waals surface area (Å²) in [7, 11) is 0. The second-order valence-electron chi connectivity index (χ2n) is 5.36. The Labute approximate surface area is 119 Å². The molecule has 3 N–H and O–H groups in total. The lowest BCUT2D eigenvalue weighted by atomic mass is 9.86. The van der Waals surface area contributed by atoms with E-state index in [4.69, 9.17) is 0 Å². The number of aromatic nitrogens is 1. The van der Waals surface area contributed by atoms with Crippen LogP contribution in [0.5, 0.6) is 0 Å². The van der Waals surface area contributed by atoms with Crippen LogP contribution in [0, 0.1) is 5.92 Å². The quantitative estimate of drug-likeness (QED) is 0.690. The minimum absolute atomic E-state index is 0.0188. The van der Waals surface area contributed by atoms with Gasteiger partial charge in [0.25, 0.3) is 0 Å². The Morgan fingerprint density at radius 2 is 2.25 bits per heavy atom. The van der Waals surface area contributed by atoms with Crippen molar-refractivity contribution in [2.45, 2.75) is 38.2 Å². The van der Waals surface area contributed by atoms with E-state index in [-0.39, 0.29) is 12.0 Å². The maximum Gasteiger partial charge on any atom is 0.225 e. The molecule has 0 saturated heterocycles. The number of pyridine rings is 1. The van der Waals surface area contributed by atoms with E-state index < -0.39 is 0 Å². The first-order valence-electron chi connectivity index (χ1n) is 7.34. The molecular weight excluding hydrogens is 254 g/mol. The van der Waals surface area contributed by atoms with E-state index in [1.165, 1.54) is 6.42 Å². The van der Waals surface area contributed by atoms with Crippen LogP contribution in [0.2, 0.25) is 0 Å². The van der Waals surface area contributed by atoms with Crippen LogP contribution in [0.3, 0.4) is 0 Å². The number of nitrogens with zero attached hydrogens (tertiary/aromatic N) is 1. The van der Waals surface area contributed by atoms with Gasteiger partial charge in [0.15, 0.2) is 0 Å². The summed E-state index contributed by atoms with van der Waals surface area (Å²) in [5, 5.41) is 15.9. The molecular formula is C15H23N3O2. The molecule has 1 aliphatic carbocycles. The highest BCUT2D eigenvalue weighted by Crippen LogP contribution is 2.23. The summed E-state index contributed by atoms with van der Waals surface area (Å²) in [6.45, 7) is 1.43. The molecule has 110 valence electrons. The molecule has 1 fully saturated rings. The third kappa shape index (κ3) is 4.90. The fourth-order valence-electron chi connectivity index (χ4n) is 2.58. The van der Waals surface area contributed by atoms with Gasteiger partial charge in [0.1, 0.15) is 0 Å². The molecule has 0 unspecified atom stereocenters. The molecule has 2 rings (SSSR count). The van der Waals surface area contributed by atoms with E-state index in [1.807, 2.05) is 6.07 Å². The molecule has 0 bridgehead atoms. The summed E-state index contributed by atoms with van der Waals surface area (Å²) < 4.78 is 0. The van der Waals surface area contributed by atoms with Crippen LogP contribution >= 0.6 is 0 Å². The summed E-state index contributed by atoms with van der Waals surface area (Å²) >= 11 is 0. The number of amides is 1. The van der Waals surface area contributed by atoms with E-state index in [0.29, 0.717) is 18.9 Å². The molecule has 1 aliphatic rings. The zero-order chi connectivity index (χ0) is 14.2. The standard InChI is InChI=1S/C15H23N3O2/c19-14-6-2-1-4-12(14)10-17-9-7-15(20)18-13-5-3-8-16-11-13/h3,5,8,11-12,14,17,19H,1-2,4,6-7,9-10H2,(H,18,20)/t12-,14-/m1/s1. The lowest BCUT2D eigenvalue weighted by Crippen LogP contribution is -2.35. The van der Waals surface area contributed by atoms with E-state index in [1.54, 1.807) is 18.5 Å². The number of rotatable bonds is 6. The van der Waals surface area contributed by atoms with Crippen LogP contribution in [0.25, 0.3) is 0 Å². The van der Waals surface area contributed by atoms with Crippen LogP contribution in [0.15, 0.2) is 24.5 Å². The van der Waals surface area contributed by atoms with Gasteiger partial charge in [-0.2, -0.15) is 0 Å². The molecule has 1 amide bonds. The highest BCUT2D eigenvalue weighted by molar-refractivity contribution is 5.90.